The fourth-order valence-corrected chi connectivity index (χ4v) is 6.18. The van der Waals surface area contributed by atoms with Crippen LogP contribution in [0.2, 0.25) is 0 Å². The molecular weight excluding hydrogens is 541 g/mol. The molecule has 0 spiro atoms. The van der Waals surface area contributed by atoms with Crippen LogP contribution in [0.25, 0.3) is 38.9 Å². The predicted molar refractivity (Wildman–Crippen MR) is 196 cm³/mol. The number of nitrogens with zero attached hydrogens (tertiary/aromatic N) is 1. The zero-order chi connectivity index (χ0) is 31.0. The maximum absolute atomic E-state index is 2.33. The Bertz CT molecular complexity index is 1740. The average Bonchev–Trinajstić information content (AvgIpc) is 3.11. The van der Waals surface area contributed by atoms with Crippen molar-refractivity contribution in [2.24, 2.45) is 0 Å². The van der Waals surface area contributed by atoms with Crippen LogP contribution < -0.4 is 10.9 Å². The Hall–Kier alpha value is -4.92. The molecular formula is C43H40BN. The summed E-state index contributed by atoms with van der Waals surface area (Å²) in [5.74, 6) is 0. The Morgan fingerprint density at radius 1 is 0.444 bits per heavy atom. The van der Waals surface area contributed by atoms with Gasteiger partial charge in [0.25, 0.3) is 0 Å². The van der Waals surface area contributed by atoms with E-state index in [-0.39, 0.29) is 6.71 Å². The van der Waals surface area contributed by atoms with Gasteiger partial charge in [-0.1, -0.05) is 186 Å². The monoisotopic (exact) mass is 581 g/mol. The van der Waals surface area contributed by atoms with Crippen LogP contribution in [0, 0.1) is 0 Å². The van der Waals surface area contributed by atoms with Gasteiger partial charge in [-0.3, -0.25) is 0 Å². The van der Waals surface area contributed by atoms with Gasteiger partial charge in [0.2, 0.25) is 6.71 Å². The quantitative estimate of drug-likeness (QED) is 0.146. The third kappa shape index (κ3) is 7.25. The molecule has 0 aliphatic rings. The summed E-state index contributed by atoms with van der Waals surface area (Å²) in [6, 6.07) is 59.6. The van der Waals surface area contributed by atoms with Crippen molar-refractivity contribution in [3.05, 3.63) is 175 Å². The fourth-order valence-electron chi connectivity index (χ4n) is 6.18. The van der Waals surface area contributed by atoms with Crippen LogP contribution in [0.3, 0.4) is 0 Å². The molecule has 0 amide bonds. The van der Waals surface area contributed by atoms with Crippen LogP contribution in [0.1, 0.15) is 18.9 Å². The van der Waals surface area contributed by atoms with Crippen molar-refractivity contribution in [2.75, 3.05) is 20.6 Å². The summed E-state index contributed by atoms with van der Waals surface area (Å²) in [6.07, 6.45) is 1.00. The summed E-state index contributed by atoms with van der Waals surface area (Å²) in [5, 5.41) is 0. The molecule has 6 rings (SSSR count). The standard InChI is InChI=1S/C43H40BN/c1-33(31-32-45(2)3)43(40-21-19-37(20-22-40)34-13-7-4-8-14-34)44(41-27-23-38(24-28-41)35-15-9-5-10-16-35)42-29-25-39(26-30-42)36-17-11-6-12-18-36/h4-30H,31-32H2,1-3H3/b43-33-. The topological polar surface area (TPSA) is 3.24 Å². The van der Waals surface area contributed by atoms with Gasteiger partial charge < -0.3 is 4.90 Å². The highest BCUT2D eigenvalue weighted by molar-refractivity contribution is 6.99. The van der Waals surface area contributed by atoms with E-state index in [4.69, 9.17) is 0 Å². The van der Waals surface area contributed by atoms with E-state index in [1.807, 2.05) is 0 Å². The molecule has 6 aromatic carbocycles. The first-order valence-corrected chi connectivity index (χ1v) is 15.9. The molecule has 0 atom stereocenters. The average molecular weight is 582 g/mol. The Morgan fingerprint density at radius 3 is 1.13 bits per heavy atom. The molecule has 0 saturated carbocycles. The summed E-state index contributed by atoms with van der Waals surface area (Å²) in [5.41, 5.74) is 14.1. The largest absolute Gasteiger partial charge is 0.309 e. The highest BCUT2D eigenvalue weighted by atomic mass is 15.0. The maximum Gasteiger partial charge on any atom is 0.241 e. The van der Waals surface area contributed by atoms with Gasteiger partial charge in [-0.05, 0) is 66.4 Å². The molecule has 2 heteroatoms. The molecule has 0 aliphatic carbocycles. The van der Waals surface area contributed by atoms with Crippen LogP contribution in [-0.4, -0.2) is 32.3 Å². The second kappa shape index (κ2) is 14.2. The number of benzene rings is 6. The van der Waals surface area contributed by atoms with Crippen molar-refractivity contribution >= 4 is 23.1 Å². The van der Waals surface area contributed by atoms with E-state index in [0.717, 1.165) is 13.0 Å². The molecule has 1 nitrogen and oxygen atoms in total. The third-order valence-electron chi connectivity index (χ3n) is 8.69. The van der Waals surface area contributed by atoms with Crippen LogP contribution in [-0.2, 0) is 0 Å². The van der Waals surface area contributed by atoms with Crippen molar-refractivity contribution in [2.45, 2.75) is 13.3 Å². The molecule has 0 unspecified atom stereocenters. The molecule has 0 fully saturated rings. The van der Waals surface area contributed by atoms with Crippen LogP contribution in [0.5, 0.6) is 0 Å². The van der Waals surface area contributed by atoms with E-state index >= 15 is 0 Å². The lowest BCUT2D eigenvalue weighted by Gasteiger charge is -2.24. The Labute approximate surface area is 269 Å². The first-order valence-electron chi connectivity index (χ1n) is 15.9. The molecule has 0 aromatic heterocycles. The summed E-state index contributed by atoms with van der Waals surface area (Å²) in [7, 11) is 4.31. The van der Waals surface area contributed by atoms with Gasteiger partial charge in [-0.25, -0.2) is 0 Å². The lowest BCUT2D eigenvalue weighted by atomic mass is 9.34. The van der Waals surface area contributed by atoms with Gasteiger partial charge in [0.05, 0.1) is 0 Å². The number of hydrogen-bond donors (Lipinski definition) is 0. The molecule has 220 valence electrons. The minimum absolute atomic E-state index is 0.0874. The zero-order valence-electron chi connectivity index (χ0n) is 26.5. The van der Waals surface area contributed by atoms with Crippen LogP contribution in [0.4, 0.5) is 0 Å². The van der Waals surface area contributed by atoms with Gasteiger partial charge in [-0.15, -0.1) is 0 Å². The molecule has 0 radical (unpaired) electrons. The van der Waals surface area contributed by atoms with Gasteiger partial charge >= 0.3 is 0 Å². The smallest absolute Gasteiger partial charge is 0.241 e. The van der Waals surface area contributed by atoms with Crippen molar-refractivity contribution in [3.63, 3.8) is 0 Å². The van der Waals surface area contributed by atoms with E-state index in [9.17, 15) is 0 Å². The van der Waals surface area contributed by atoms with Crippen LogP contribution >= 0.6 is 0 Å². The SMILES string of the molecule is C/C(CCN(C)C)=C(/B(c1ccc(-c2ccccc2)cc1)c1ccc(-c2ccccc2)cc1)c1ccc(-c2ccccc2)cc1. The van der Waals surface area contributed by atoms with E-state index in [1.54, 1.807) is 0 Å². The molecule has 0 heterocycles. The van der Waals surface area contributed by atoms with Gasteiger partial charge in [0.1, 0.15) is 0 Å². The lowest BCUT2D eigenvalue weighted by Crippen LogP contribution is -2.44. The summed E-state index contributed by atoms with van der Waals surface area (Å²) < 4.78 is 0. The lowest BCUT2D eigenvalue weighted by molar-refractivity contribution is 0.413. The maximum atomic E-state index is 2.33. The number of rotatable bonds is 10. The molecule has 45 heavy (non-hydrogen) atoms. The van der Waals surface area contributed by atoms with Crippen molar-refractivity contribution < 1.29 is 0 Å². The summed E-state index contributed by atoms with van der Waals surface area (Å²) in [6.45, 7) is 3.42. The molecule has 6 aromatic rings. The molecule has 0 N–H and O–H groups in total. The predicted octanol–water partition coefficient (Wildman–Crippen LogP) is 9.26. The van der Waals surface area contributed by atoms with E-state index in [2.05, 4.69) is 190 Å². The highest BCUT2D eigenvalue weighted by Gasteiger charge is 2.27. The molecule has 0 bridgehead atoms. The molecule has 0 saturated heterocycles. The minimum Gasteiger partial charge on any atom is -0.309 e. The van der Waals surface area contributed by atoms with E-state index in [1.165, 1.54) is 60.9 Å². The summed E-state index contributed by atoms with van der Waals surface area (Å²) >= 11 is 0. The van der Waals surface area contributed by atoms with E-state index < -0.39 is 0 Å². The first kappa shape index (κ1) is 30.1. The normalized spacial score (nSPS) is 11.7. The Kier molecular flexibility index (Phi) is 9.54. The Balaban J connectivity index is 1.48. The third-order valence-corrected chi connectivity index (χ3v) is 8.69. The summed E-state index contributed by atoms with van der Waals surface area (Å²) in [4.78, 5) is 2.28. The second-order valence-electron chi connectivity index (χ2n) is 12.1. The van der Waals surface area contributed by atoms with Crippen molar-refractivity contribution in [3.8, 4) is 33.4 Å². The van der Waals surface area contributed by atoms with Gasteiger partial charge in [0.15, 0.2) is 0 Å². The van der Waals surface area contributed by atoms with Gasteiger partial charge in [-0.2, -0.15) is 0 Å². The highest BCUT2D eigenvalue weighted by Crippen LogP contribution is 2.29. The Morgan fingerprint density at radius 2 is 0.778 bits per heavy atom. The van der Waals surface area contributed by atoms with E-state index in [0.29, 0.717) is 0 Å². The van der Waals surface area contributed by atoms with Crippen molar-refractivity contribution in [1.29, 1.82) is 0 Å². The molecule has 0 aliphatic heterocycles. The first-order chi connectivity index (χ1) is 22.1. The second-order valence-corrected chi connectivity index (χ2v) is 12.1. The van der Waals surface area contributed by atoms with Crippen LogP contribution in [0.15, 0.2) is 169 Å². The van der Waals surface area contributed by atoms with Crippen molar-refractivity contribution in [1.82, 2.24) is 4.90 Å². The minimum atomic E-state index is 0.0874. The number of hydrogen-bond acceptors (Lipinski definition) is 1. The fraction of sp³-hybridized carbons (Fsp3) is 0.116. The van der Waals surface area contributed by atoms with Gasteiger partial charge in [0, 0.05) is 6.54 Å². The zero-order valence-corrected chi connectivity index (χ0v) is 26.5.